The van der Waals surface area contributed by atoms with E-state index in [-0.39, 0.29) is 12.4 Å². The Morgan fingerprint density at radius 3 is 1.66 bits per heavy atom. The van der Waals surface area contributed by atoms with Crippen molar-refractivity contribution in [1.29, 1.82) is 0 Å². The van der Waals surface area contributed by atoms with E-state index in [1.807, 2.05) is 0 Å². The second-order valence-corrected chi connectivity index (χ2v) is 6.91. The second kappa shape index (κ2) is 8.13. The summed E-state index contributed by atoms with van der Waals surface area (Å²) in [7, 11) is 0. The molecule has 0 amide bonds. The third-order valence-corrected chi connectivity index (χ3v) is 4.33. The fraction of sp³-hybridized carbons (Fsp3) is 0.647. The zero-order valence-corrected chi connectivity index (χ0v) is 16.0. The van der Waals surface area contributed by atoms with Crippen molar-refractivity contribution in [3.8, 4) is 5.75 Å². The molecule has 0 aliphatic carbocycles. The lowest BCUT2D eigenvalue weighted by Gasteiger charge is -2.41. The van der Waals surface area contributed by atoms with Gasteiger partial charge in [-0.05, 0) is 31.5 Å². The van der Waals surface area contributed by atoms with Crippen LogP contribution in [0.5, 0.6) is 5.75 Å². The summed E-state index contributed by atoms with van der Waals surface area (Å²) in [6.07, 6.45) is -10.2. The normalized spacial score (nSPS) is 16.6. The van der Waals surface area contributed by atoms with Crippen molar-refractivity contribution in [2.75, 3.05) is 6.61 Å². The number of alkyl halides is 13. The van der Waals surface area contributed by atoms with E-state index in [0.29, 0.717) is 6.92 Å². The first kappa shape index (κ1) is 28.1. The van der Waals surface area contributed by atoms with Gasteiger partial charge >= 0.3 is 35.8 Å². The highest BCUT2D eigenvalue weighted by molar-refractivity contribution is 5.32. The van der Waals surface area contributed by atoms with Crippen LogP contribution < -0.4 is 4.74 Å². The number of hydrogen-bond donors (Lipinski definition) is 1. The first-order valence-electron chi connectivity index (χ1n) is 8.41. The molecule has 0 bridgehead atoms. The molecule has 0 aromatic heterocycles. The Kier molecular flexibility index (Phi) is 7.14. The molecular weight excluding hydrogens is 483 g/mol. The minimum atomic E-state index is -7.98. The van der Waals surface area contributed by atoms with Gasteiger partial charge in [-0.25, -0.2) is 0 Å². The summed E-state index contributed by atoms with van der Waals surface area (Å²) in [5.74, 6) is -37.6. The average Bonchev–Trinajstić information content (AvgIpc) is 2.59. The van der Waals surface area contributed by atoms with Crippen LogP contribution in [0.15, 0.2) is 24.3 Å². The summed E-state index contributed by atoms with van der Waals surface area (Å²) < 4.78 is 176. The molecule has 1 unspecified atom stereocenters. The Labute approximate surface area is 172 Å². The van der Waals surface area contributed by atoms with E-state index in [2.05, 4.69) is 0 Å². The number of hydrogen-bond acceptors (Lipinski definition) is 2. The molecule has 0 radical (unpaired) electrons. The zero-order chi connectivity index (χ0) is 25.6. The van der Waals surface area contributed by atoms with Crippen molar-refractivity contribution in [2.24, 2.45) is 0 Å². The fourth-order valence-electron chi connectivity index (χ4n) is 2.53. The van der Waals surface area contributed by atoms with Crippen LogP contribution in [-0.4, -0.2) is 47.5 Å². The van der Waals surface area contributed by atoms with Gasteiger partial charge in [-0.3, -0.25) is 0 Å². The first-order chi connectivity index (χ1) is 14.0. The van der Waals surface area contributed by atoms with E-state index < -0.39 is 53.4 Å². The average molecular weight is 498 g/mol. The van der Waals surface area contributed by atoms with Gasteiger partial charge in [0.15, 0.2) is 0 Å². The molecule has 1 atom stereocenters. The Morgan fingerprint density at radius 1 is 0.750 bits per heavy atom. The number of aliphatic hydroxyl groups is 1. The molecule has 1 rings (SSSR count). The molecule has 1 aromatic rings. The van der Waals surface area contributed by atoms with Crippen molar-refractivity contribution >= 4 is 0 Å². The van der Waals surface area contributed by atoms with Crippen molar-refractivity contribution in [3.05, 3.63) is 29.8 Å². The lowest BCUT2D eigenvalue weighted by Crippen LogP contribution is -2.70. The van der Waals surface area contributed by atoms with Crippen molar-refractivity contribution in [2.45, 2.75) is 61.7 Å². The minimum Gasteiger partial charge on any atom is -0.494 e. The van der Waals surface area contributed by atoms with Crippen LogP contribution in [0.4, 0.5) is 57.1 Å². The Bertz CT molecular complexity index is 800. The smallest absolute Gasteiger partial charge is 0.460 e. The third kappa shape index (κ3) is 4.44. The van der Waals surface area contributed by atoms with Crippen LogP contribution in [-0.2, 0) is 5.60 Å². The van der Waals surface area contributed by atoms with E-state index in [1.54, 1.807) is 0 Å². The molecular formula is C17H15F13O2. The molecule has 0 aliphatic rings. The van der Waals surface area contributed by atoms with Gasteiger partial charge in [0.2, 0.25) is 0 Å². The molecule has 1 N–H and O–H groups in total. The van der Waals surface area contributed by atoms with Crippen molar-refractivity contribution in [1.82, 2.24) is 0 Å². The van der Waals surface area contributed by atoms with Crippen LogP contribution in [0.1, 0.15) is 25.8 Å². The molecule has 32 heavy (non-hydrogen) atoms. The lowest BCUT2D eigenvalue weighted by molar-refractivity contribution is -0.441. The number of ether oxygens (including phenoxy) is 1. The summed E-state index contributed by atoms with van der Waals surface area (Å²) >= 11 is 0. The maximum absolute atomic E-state index is 14.1. The second-order valence-electron chi connectivity index (χ2n) is 6.91. The molecule has 0 heterocycles. The van der Waals surface area contributed by atoms with Crippen LogP contribution in [0, 0.1) is 0 Å². The summed E-state index contributed by atoms with van der Waals surface area (Å²) in [6.45, 7) is 1.86. The molecule has 0 aliphatic heterocycles. The van der Waals surface area contributed by atoms with Crippen molar-refractivity contribution < 1.29 is 66.9 Å². The SMILES string of the molecule is CCOc1cccc(C(C)(O)CC(F)(F)C(F)(F)C(F)(F)C(F)(F)C(F)(F)C(F)(F)F)c1. The van der Waals surface area contributed by atoms with E-state index in [9.17, 15) is 62.2 Å². The molecule has 186 valence electrons. The first-order valence-corrected chi connectivity index (χ1v) is 8.41. The monoisotopic (exact) mass is 498 g/mol. The summed E-state index contributed by atoms with van der Waals surface area (Å²) in [6, 6.07) is 3.91. The van der Waals surface area contributed by atoms with Crippen LogP contribution in [0.25, 0.3) is 0 Å². The Morgan fingerprint density at radius 2 is 1.22 bits per heavy atom. The van der Waals surface area contributed by atoms with Crippen LogP contribution in [0.3, 0.4) is 0 Å². The molecule has 0 saturated carbocycles. The maximum Gasteiger partial charge on any atom is 0.460 e. The molecule has 0 saturated heterocycles. The zero-order valence-electron chi connectivity index (χ0n) is 16.0. The highest BCUT2D eigenvalue weighted by Gasteiger charge is 2.90. The van der Waals surface area contributed by atoms with Gasteiger partial charge in [-0.15, -0.1) is 0 Å². The van der Waals surface area contributed by atoms with E-state index in [1.165, 1.54) is 13.0 Å². The van der Waals surface area contributed by atoms with Crippen LogP contribution in [0.2, 0.25) is 0 Å². The van der Waals surface area contributed by atoms with Gasteiger partial charge in [-0.2, -0.15) is 57.1 Å². The Hall–Kier alpha value is -1.93. The lowest BCUT2D eigenvalue weighted by atomic mass is 9.84. The summed E-state index contributed by atoms with van der Waals surface area (Å²) in [5, 5.41) is 10.1. The predicted octanol–water partition coefficient (Wildman–Crippen LogP) is 6.42. The van der Waals surface area contributed by atoms with E-state index >= 15 is 0 Å². The maximum atomic E-state index is 14.1. The van der Waals surface area contributed by atoms with Gasteiger partial charge in [0.05, 0.1) is 18.6 Å². The molecule has 15 heteroatoms. The fourth-order valence-corrected chi connectivity index (χ4v) is 2.53. The quantitative estimate of drug-likeness (QED) is 0.398. The van der Waals surface area contributed by atoms with Gasteiger partial charge in [0.1, 0.15) is 5.75 Å². The topological polar surface area (TPSA) is 29.5 Å². The van der Waals surface area contributed by atoms with Crippen molar-refractivity contribution in [3.63, 3.8) is 0 Å². The number of benzene rings is 1. The molecule has 0 spiro atoms. The van der Waals surface area contributed by atoms with E-state index in [0.717, 1.165) is 18.2 Å². The predicted molar refractivity (Wildman–Crippen MR) is 82.6 cm³/mol. The van der Waals surface area contributed by atoms with Gasteiger partial charge < -0.3 is 9.84 Å². The Balaban J connectivity index is 3.43. The molecule has 0 fully saturated rings. The summed E-state index contributed by atoms with van der Waals surface area (Å²) in [4.78, 5) is 0. The third-order valence-electron chi connectivity index (χ3n) is 4.33. The summed E-state index contributed by atoms with van der Waals surface area (Å²) in [5.41, 5.74) is -3.83. The highest BCUT2D eigenvalue weighted by atomic mass is 19.4. The van der Waals surface area contributed by atoms with Gasteiger partial charge in [0.25, 0.3) is 0 Å². The minimum absolute atomic E-state index is 0.00848. The highest BCUT2D eigenvalue weighted by Crippen LogP contribution is 2.61. The standard InChI is InChI=1S/C17H15F13O2/c1-3-32-10-6-4-5-9(7-10)11(2,31)8-12(18,19)13(20,21)14(22,23)15(24,25)16(26,27)17(28,29)30/h4-7,31H,3,8H2,1-2H3. The molecule has 2 nitrogen and oxygen atoms in total. The number of halogens is 13. The van der Waals surface area contributed by atoms with Gasteiger partial charge in [0, 0.05) is 0 Å². The van der Waals surface area contributed by atoms with E-state index in [4.69, 9.17) is 4.74 Å². The van der Waals surface area contributed by atoms with Gasteiger partial charge in [-0.1, -0.05) is 12.1 Å². The molecule has 1 aromatic carbocycles. The largest absolute Gasteiger partial charge is 0.494 e. The van der Waals surface area contributed by atoms with Crippen LogP contribution >= 0.6 is 0 Å². The number of rotatable bonds is 9.